The number of aromatic nitrogens is 4. The zero-order valence-electron chi connectivity index (χ0n) is 14.2. The van der Waals surface area contributed by atoms with Gasteiger partial charge in [0, 0.05) is 12.1 Å². The Balaban J connectivity index is 1.96. The van der Waals surface area contributed by atoms with Gasteiger partial charge in [0.15, 0.2) is 5.82 Å². The second-order valence-electron chi connectivity index (χ2n) is 5.88. The monoisotopic (exact) mass is 362 g/mol. The number of pyridine rings is 1. The van der Waals surface area contributed by atoms with Crippen LogP contribution in [0.2, 0.25) is 0 Å². The van der Waals surface area contributed by atoms with E-state index in [9.17, 15) is 13.2 Å². The van der Waals surface area contributed by atoms with Crippen LogP contribution in [-0.2, 0) is 0 Å². The van der Waals surface area contributed by atoms with Crippen molar-refractivity contribution in [3.63, 3.8) is 0 Å². The summed E-state index contributed by atoms with van der Waals surface area (Å²) in [5.74, 6) is -0.465. The molecule has 6 nitrogen and oxygen atoms in total. The van der Waals surface area contributed by atoms with Crippen molar-refractivity contribution in [3.05, 3.63) is 36.0 Å². The predicted molar refractivity (Wildman–Crippen MR) is 93.3 cm³/mol. The van der Waals surface area contributed by atoms with Crippen molar-refractivity contribution in [1.29, 1.82) is 0 Å². The molecule has 0 spiro atoms. The quantitative estimate of drug-likeness (QED) is 0.697. The molecule has 26 heavy (non-hydrogen) atoms. The number of aliphatic imine (C=N–C) groups is 1. The van der Waals surface area contributed by atoms with E-state index in [0.717, 1.165) is 0 Å². The normalized spacial score (nSPS) is 12.3. The van der Waals surface area contributed by atoms with Gasteiger partial charge in [-0.05, 0) is 32.4 Å². The van der Waals surface area contributed by atoms with E-state index >= 15 is 0 Å². The lowest BCUT2D eigenvalue weighted by Crippen LogP contribution is -1.99. The highest BCUT2D eigenvalue weighted by Gasteiger charge is 2.16. The molecule has 0 unspecified atom stereocenters. The van der Waals surface area contributed by atoms with Crippen LogP contribution in [-0.4, -0.2) is 31.7 Å². The third-order valence-electron chi connectivity index (χ3n) is 3.86. The Kier molecular flexibility index (Phi) is 4.88. The van der Waals surface area contributed by atoms with Crippen molar-refractivity contribution >= 4 is 22.9 Å². The number of hydrogen-bond donors (Lipinski definition) is 1. The molecule has 0 aliphatic rings. The molecule has 0 aliphatic heterocycles. The fraction of sp³-hybridized carbons (Fsp3) is 0.294. The number of fused-ring (bicyclic) bond motifs is 1. The zero-order valence-corrected chi connectivity index (χ0v) is 14.2. The minimum atomic E-state index is -2.36. The average Bonchev–Trinajstić information content (AvgIpc) is 2.89. The highest BCUT2D eigenvalue weighted by atomic mass is 19.3. The van der Waals surface area contributed by atoms with Gasteiger partial charge in [-0.1, -0.05) is 0 Å². The second kappa shape index (κ2) is 7.11. The Morgan fingerprint density at radius 2 is 2.12 bits per heavy atom. The highest BCUT2D eigenvalue weighted by Crippen LogP contribution is 2.29. The molecular formula is C17H17F3N6. The van der Waals surface area contributed by atoms with Gasteiger partial charge in [0.25, 0.3) is 0 Å². The van der Waals surface area contributed by atoms with Crippen LogP contribution in [0.15, 0.2) is 29.5 Å². The molecule has 0 amide bonds. The van der Waals surface area contributed by atoms with Gasteiger partial charge in [-0.25, -0.2) is 22.7 Å². The summed E-state index contributed by atoms with van der Waals surface area (Å²) in [4.78, 5) is 12.6. The first kappa shape index (κ1) is 17.8. The number of nitrogen functional groups attached to an aromatic ring is 1. The number of aryl methyl sites for hydroxylation is 1. The van der Waals surface area contributed by atoms with Crippen LogP contribution in [0.5, 0.6) is 0 Å². The van der Waals surface area contributed by atoms with E-state index in [1.807, 2.05) is 0 Å². The molecule has 136 valence electrons. The van der Waals surface area contributed by atoms with Crippen molar-refractivity contribution < 1.29 is 13.2 Å². The molecule has 0 fully saturated rings. The fourth-order valence-corrected chi connectivity index (χ4v) is 2.59. The van der Waals surface area contributed by atoms with Gasteiger partial charge in [-0.3, -0.25) is 9.98 Å². The van der Waals surface area contributed by atoms with Gasteiger partial charge in [-0.15, -0.1) is 5.10 Å². The molecule has 0 aliphatic carbocycles. The fourth-order valence-electron chi connectivity index (χ4n) is 2.59. The van der Waals surface area contributed by atoms with E-state index < -0.39 is 12.2 Å². The first-order valence-corrected chi connectivity index (χ1v) is 7.95. The second-order valence-corrected chi connectivity index (χ2v) is 5.88. The highest BCUT2D eigenvalue weighted by molar-refractivity contribution is 5.85. The first-order valence-electron chi connectivity index (χ1n) is 7.95. The van der Waals surface area contributed by atoms with E-state index in [0.29, 0.717) is 28.3 Å². The number of anilines is 1. The molecule has 0 bridgehead atoms. The maximum Gasteiger partial charge on any atom is 0.239 e. The lowest BCUT2D eigenvalue weighted by molar-refractivity contribution is 0.140. The molecule has 0 aromatic carbocycles. The average molecular weight is 362 g/mol. The Morgan fingerprint density at radius 3 is 2.81 bits per heavy atom. The number of rotatable bonds is 5. The van der Waals surface area contributed by atoms with Crippen LogP contribution in [0.1, 0.15) is 25.5 Å². The third kappa shape index (κ3) is 3.66. The van der Waals surface area contributed by atoms with Gasteiger partial charge in [0.2, 0.25) is 12.4 Å². The first-order chi connectivity index (χ1) is 12.3. The Bertz CT molecular complexity index is 980. The molecule has 0 saturated carbocycles. The number of hydrogen-bond acceptors (Lipinski definition) is 5. The SMILES string of the molecule is CC(CCC(F)F)=Nc1ccc(-c2c(F)cn3nc(N)ncc23)nc1C. The summed E-state index contributed by atoms with van der Waals surface area (Å²) in [6, 6.07) is 3.31. The largest absolute Gasteiger partial charge is 0.367 e. The summed E-state index contributed by atoms with van der Waals surface area (Å²) in [5, 5.41) is 3.93. The molecule has 3 heterocycles. The van der Waals surface area contributed by atoms with Crippen LogP contribution in [0, 0.1) is 12.7 Å². The van der Waals surface area contributed by atoms with E-state index in [1.165, 1.54) is 16.9 Å². The molecule has 3 rings (SSSR count). The molecule has 0 saturated heterocycles. The smallest absolute Gasteiger partial charge is 0.239 e. The molecule has 3 aromatic rings. The number of halogens is 3. The van der Waals surface area contributed by atoms with Crippen LogP contribution >= 0.6 is 0 Å². The third-order valence-corrected chi connectivity index (χ3v) is 3.86. The van der Waals surface area contributed by atoms with Crippen LogP contribution in [0.3, 0.4) is 0 Å². The van der Waals surface area contributed by atoms with Gasteiger partial charge < -0.3 is 5.73 Å². The van der Waals surface area contributed by atoms with Gasteiger partial charge >= 0.3 is 0 Å². The predicted octanol–water partition coefficient (Wildman–Crippen LogP) is 3.96. The lowest BCUT2D eigenvalue weighted by Gasteiger charge is -2.06. The Hall–Kier alpha value is -2.97. The lowest BCUT2D eigenvalue weighted by atomic mass is 10.1. The van der Waals surface area contributed by atoms with E-state index in [4.69, 9.17) is 5.73 Å². The summed E-state index contributed by atoms with van der Waals surface area (Å²) >= 11 is 0. The van der Waals surface area contributed by atoms with E-state index in [2.05, 4.69) is 20.1 Å². The molecule has 9 heteroatoms. The summed E-state index contributed by atoms with van der Waals surface area (Å²) in [6.45, 7) is 3.42. The molecule has 2 N–H and O–H groups in total. The Morgan fingerprint density at radius 1 is 1.35 bits per heavy atom. The minimum absolute atomic E-state index is 0.0344. The number of nitrogens with two attached hydrogens (primary N) is 1. The summed E-state index contributed by atoms with van der Waals surface area (Å²) in [7, 11) is 0. The maximum absolute atomic E-state index is 14.4. The van der Waals surface area contributed by atoms with Crippen molar-refractivity contribution in [3.8, 4) is 11.3 Å². The van der Waals surface area contributed by atoms with Crippen molar-refractivity contribution in [2.45, 2.75) is 33.1 Å². The van der Waals surface area contributed by atoms with Crippen LogP contribution < -0.4 is 5.73 Å². The summed E-state index contributed by atoms with van der Waals surface area (Å²) in [5.41, 5.74) is 8.33. The Labute approximate surface area is 147 Å². The van der Waals surface area contributed by atoms with Gasteiger partial charge in [0.1, 0.15) is 0 Å². The minimum Gasteiger partial charge on any atom is -0.367 e. The zero-order chi connectivity index (χ0) is 18.8. The van der Waals surface area contributed by atoms with Gasteiger partial charge in [0.05, 0.1) is 40.5 Å². The van der Waals surface area contributed by atoms with Crippen molar-refractivity contribution in [2.75, 3.05) is 5.73 Å². The van der Waals surface area contributed by atoms with Crippen molar-refractivity contribution in [1.82, 2.24) is 19.6 Å². The molecule has 3 aromatic heterocycles. The van der Waals surface area contributed by atoms with Gasteiger partial charge in [-0.2, -0.15) is 0 Å². The van der Waals surface area contributed by atoms with Crippen LogP contribution in [0.4, 0.5) is 24.8 Å². The standard InChI is InChI=1S/C17H17F3N6/c1-9(3-6-15(19)20)23-12-4-5-13(24-10(12)2)16-11(18)8-26-14(16)7-22-17(21)25-26/h4-5,7-8,15H,3,6H2,1-2H3,(H2,21,25). The van der Waals surface area contributed by atoms with E-state index in [-0.39, 0.29) is 24.4 Å². The summed E-state index contributed by atoms with van der Waals surface area (Å²) < 4.78 is 40.3. The molecule has 0 radical (unpaired) electrons. The topological polar surface area (TPSA) is 81.5 Å². The van der Waals surface area contributed by atoms with Crippen LogP contribution in [0.25, 0.3) is 16.8 Å². The van der Waals surface area contributed by atoms with E-state index in [1.54, 1.807) is 26.0 Å². The molecule has 0 atom stereocenters. The molecular weight excluding hydrogens is 345 g/mol. The summed E-state index contributed by atoms with van der Waals surface area (Å²) in [6.07, 6.45) is 0.254. The number of alkyl halides is 2. The van der Waals surface area contributed by atoms with Crippen molar-refractivity contribution in [2.24, 2.45) is 4.99 Å². The maximum atomic E-state index is 14.4. The number of nitrogens with zero attached hydrogens (tertiary/aromatic N) is 5.